The first-order valence-corrected chi connectivity index (χ1v) is 11.9. The summed E-state index contributed by atoms with van der Waals surface area (Å²) < 4.78 is 10.8. The normalized spacial score (nSPS) is 10.7. The molecule has 0 saturated carbocycles. The van der Waals surface area contributed by atoms with Gasteiger partial charge in [-0.2, -0.15) is 5.26 Å². The number of amides is 2. The predicted molar refractivity (Wildman–Crippen MR) is 144 cm³/mol. The maximum Gasteiger partial charge on any atom is 0.337 e. The number of halogens is 1. The van der Waals surface area contributed by atoms with E-state index in [1.54, 1.807) is 18.2 Å². The second kappa shape index (κ2) is 12.5. The summed E-state index contributed by atoms with van der Waals surface area (Å²) >= 11 is 3.40. The van der Waals surface area contributed by atoms with Crippen LogP contribution in [0.25, 0.3) is 6.08 Å². The molecule has 0 aromatic heterocycles. The van der Waals surface area contributed by atoms with E-state index in [2.05, 4.69) is 31.3 Å². The maximum atomic E-state index is 12.6. The molecule has 0 spiro atoms. The van der Waals surface area contributed by atoms with Gasteiger partial charge in [0.1, 0.15) is 17.4 Å². The van der Waals surface area contributed by atoms with Gasteiger partial charge in [-0.05, 0) is 101 Å². The number of esters is 1. The van der Waals surface area contributed by atoms with E-state index in [-0.39, 0.29) is 18.1 Å². The van der Waals surface area contributed by atoms with Gasteiger partial charge in [0, 0.05) is 11.4 Å². The Morgan fingerprint density at radius 3 is 2.27 bits per heavy atom. The first-order chi connectivity index (χ1) is 17.7. The lowest BCUT2D eigenvalue weighted by Gasteiger charge is -2.11. The smallest absolute Gasteiger partial charge is 0.337 e. The molecule has 9 heteroatoms. The first kappa shape index (κ1) is 27.2. The number of aryl methyl sites for hydroxylation is 2. The molecule has 8 nitrogen and oxygen atoms in total. The zero-order valence-electron chi connectivity index (χ0n) is 20.4. The summed E-state index contributed by atoms with van der Waals surface area (Å²) in [5, 5.41) is 14.9. The third-order valence-corrected chi connectivity index (χ3v) is 5.97. The Labute approximate surface area is 223 Å². The van der Waals surface area contributed by atoms with Crippen molar-refractivity contribution in [3.8, 4) is 11.8 Å². The molecule has 0 heterocycles. The van der Waals surface area contributed by atoms with Gasteiger partial charge < -0.3 is 20.1 Å². The highest BCUT2D eigenvalue weighted by Gasteiger charge is 2.12. The largest absolute Gasteiger partial charge is 0.483 e. The number of methoxy groups -OCH3 is 1. The molecule has 3 aromatic carbocycles. The minimum Gasteiger partial charge on any atom is -0.483 e. The summed E-state index contributed by atoms with van der Waals surface area (Å²) in [6.07, 6.45) is 1.43. The minimum atomic E-state index is -0.604. The van der Waals surface area contributed by atoms with E-state index in [0.717, 1.165) is 11.1 Å². The quantitative estimate of drug-likeness (QED) is 0.215. The van der Waals surface area contributed by atoms with Gasteiger partial charge in [-0.15, -0.1) is 0 Å². The van der Waals surface area contributed by atoms with Crippen molar-refractivity contribution in [2.45, 2.75) is 13.8 Å². The van der Waals surface area contributed by atoms with Crippen LogP contribution in [0.4, 0.5) is 11.4 Å². The molecule has 0 saturated heterocycles. The highest BCUT2D eigenvalue weighted by atomic mass is 79.9. The monoisotopic (exact) mass is 561 g/mol. The Morgan fingerprint density at radius 2 is 1.65 bits per heavy atom. The van der Waals surface area contributed by atoms with E-state index in [1.165, 1.54) is 37.5 Å². The van der Waals surface area contributed by atoms with Crippen LogP contribution in [-0.2, 0) is 14.3 Å². The van der Waals surface area contributed by atoms with Crippen molar-refractivity contribution >= 4 is 51.2 Å². The lowest BCUT2D eigenvalue weighted by Crippen LogP contribution is -2.20. The van der Waals surface area contributed by atoms with Crippen LogP contribution in [0.15, 0.2) is 70.7 Å². The highest BCUT2D eigenvalue weighted by molar-refractivity contribution is 9.10. The van der Waals surface area contributed by atoms with E-state index in [1.807, 2.05) is 38.1 Å². The molecular weight excluding hydrogens is 538 g/mol. The van der Waals surface area contributed by atoms with Crippen LogP contribution < -0.4 is 15.4 Å². The number of nitrogens with zero attached hydrogens (tertiary/aromatic N) is 1. The number of carbonyl (C=O) groups is 3. The first-order valence-electron chi connectivity index (χ1n) is 11.1. The third kappa shape index (κ3) is 7.53. The maximum absolute atomic E-state index is 12.6. The zero-order valence-corrected chi connectivity index (χ0v) is 22.0. The summed E-state index contributed by atoms with van der Waals surface area (Å²) in [4.78, 5) is 36.4. The van der Waals surface area contributed by atoms with Gasteiger partial charge in [0.25, 0.3) is 11.8 Å². The van der Waals surface area contributed by atoms with Gasteiger partial charge >= 0.3 is 5.97 Å². The topological polar surface area (TPSA) is 118 Å². The number of nitrogens with one attached hydrogen (secondary N) is 2. The van der Waals surface area contributed by atoms with Crippen molar-refractivity contribution in [3.05, 3.63) is 93.0 Å². The Balaban J connectivity index is 1.62. The number of rotatable bonds is 8. The fourth-order valence-electron chi connectivity index (χ4n) is 3.20. The fourth-order valence-corrected chi connectivity index (χ4v) is 3.72. The van der Waals surface area contributed by atoms with Crippen molar-refractivity contribution in [1.82, 2.24) is 0 Å². The molecule has 0 fully saturated rings. The Kier molecular flexibility index (Phi) is 9.19. The van der Waals surface area contributed by atoms with Gasteiger partial charge in [-0.25, -0.2) is 4.79 Å². The average molecular weight is 562 g/mol. The predicted octanol–water partition coefficient (Wildman–Crippen LogP) is 5.42. The van der Waals surface area contributed by atoms with E-state index >= 15 is 0 Å². The molecule has 2 amide bonds. The molecule has 0 bridgehead atoms. The molecule has 0 aliphatic rings. The number of benzene rings is 3. The number of carbonyl (C=O) groups excluding carboxylic acids is 3. The minimum absolute atomic E-state index is 0.120. The summed E-state index contributed by atoms with van der Waals surface area (Å²) in [6, 6.07) is 18.6. The molecule has 0 unspecified atom stereocenters. The van der Waals surface area contributed by atoms with Gasteiger partial charge in [-0.3, -0.25) is 9.59 Å². The second-order valence-corrected chi connectivity index (χ2v) is 8.87. The molecular formula is C28H24BrN3O5. The van der Waals surface area contributed by atoms with Crippen molar-refractivity contribution < 1.29 is 23.9 Å². The van der Waals surface area contributed by atoms with Crippen molar-refractivity contribution in [2.24, 2.45) is 0 Å². The number of ether oxygens (including phenoxy) is 2. The standard InChI is InChI=1S/C28H24BrN3O5/c1-17-4-8-23(12-18(17)2)31-26(33)16-37-25-11-5-19(14-24(25)29)13-21(15-30)27(34)32-22-9-6-20(7-10-22)28(35)36-3/h4-14H,16H2,1-3H3,(H,31,33)(H,32,34)/b21-13-. The zero-order chi connectivity index (χ0) is 26.9. The van der Waals surface area contributed by atoms with Gasteiger partial charge in [0.15, 0.2) is 6.61 Å². The molecule has 0 atom stereocenters. The molecule has 188 valence electrons. The molecule has 37 heavy (non-hydrogen) atoms. The number of anilines is 2. The van der Waals surface area contributed by atoms with Crippen molar-refractivity contribution in [1.29, 1.82) is 5.26 Å². The number of nitriles is 1. The van der Waals surface area contributed by atoms with Crippen LogP contribution in [0.3, 0.4) is 0 Å². The fraction of sp³-hybridized carbons (Fsp3) is 0.143. The lowest BCUT2D eigenvalue weighted by atomic mass is 10.1. The van der Waals surface area contributed by atoms with Crippen molar-refractivity contribution in [2.75, 3.05) is 24.4 Å². The Hall–Kier alpha value is -4.42. The Bertz CT molecular complexity index is 1410. The average Bonchev–Trinajstić information content (AvgIpc) is 2.88. The van der Waals surface area contributed by atoms with Crippen LogP contribution in [0.2, 0.25) is 0 Å². The van der Waals surface area contributed by atoms with Crippen LogP contribution in [0, 0.1) is 25.2 Å². The van der Waals surface area contributed by atoms with Crippen molar-refractivity contribution in [3.63, 3.8) is 0 Å². The van der Waals surface area contributed by atoms with Crippen LogP contribution in [0.1, 0.15) is 27.0 Å². The van der Waals surface area contributed by atoms with Crippen LogP contribution >= 0.6 is 15.9 Å². The van der Waals surface area contributed by atoms with Gasteiger partial charge in [-0.1, -0.05) is 12.1 Å². The molecule has 0 aliphatic heterocycles. The van der Waals surface area contributed by atoms with Crippen LogP contribution in [0.5, 0.6) is 5.75 Å². The molecule has 3 rings (SSSR count). The molecule has 3 aromatic rings. The lowest BCUT2D eigenvalue weighted by molar-refractivity contribution is -0.118. The number of hydrogen-bond donors (Lipinski definition) is 2. The number of hydrogen-bond acceptors (Lipinski definition) is 6. The summed E-state index contributed by atoms with van der Waals surface area (Å²) in [7, 11) is 1.28. The summed E-state index contributed by atoms with van der Waals surface area (Å²) in [6.45, 7) is 3.78. The van der Waals surface area contributed by atoms with E-state index in [4.69, 9.17) is 4.74 Å². The summed E-state index contributed by atoms with van der Waals surface area (Å²) in [5.74, 6) is -0.966. The summed E-state index contributed by atoms with van der Waals surface area (Å²) in [5.41, 5.74) is 4.12. The SMILES string of the molecule is COC(=O)c1ccc(NC(=O)/C(C#N)=C\c2ccc(OCC(=O)Nc3ccc(C)c(C)c3)c(Br)c2)cc1. The van der Waals surface area contributed by atoms with E-state index < -0.39 is 11.9 Å². The van der Waals surface area contributed by atoms with Gasteiger partial charge in [0.05, 0.1) is 17.1 Å². The highest BCUT2D eigenvalue weighted by Crippen LogP contribution is 2.27. The van der Waals surface area contributed by atoms with Crippen LogP contribution in [-0.4, -0.2) is 31.5 Å². The van der Waals surface area contributed by atoms with E-state index in [9.17, 15) is 19.6 Å². The third-order valence-electron chi connectivity index (χ3n) is 5.35. The Morgan fingerprint density at radius 1 is 0.946 bits per heavy atom. The van der Waals surface area contributed by atoms with Gasteiger partial charge in [0.2, 0.25) is 0 Å². The molecule has 0 aliphatic carbocycles. The molecule has 2 N–H and O–H groups in total. The molecule has 0 radical (unpaired) electrons. The second-order valence-electron chi connectivity index (χ2n) is 8.02. The van der Waals surface area contributed by atoms with E-state index in [0.29, 0.717) is 32.7 Å².